The molecule has 1 amide bonds. The molecule has 1 N–H and O–H groups in total. The molecular weight excluding hydrogens is 260 g/mol. The molecule has 114 valence electrons. The molecule has 3 rings (SSSR count). The van der Waals surface area contributed by atoms with Gasteiger partial charge in [-0.1, -0.05) is 26.0 Å². The van der Waals surface area contributed by atoms with Gasteiger partial charge in [-0.3, -0.25) is 4.79 Å². The minimum atomic E-state index is 0.245. The Morgan fingerprint density at radius 2 is 1.86 bits per heavy atom. The van der Waals surface area contributed by atoms with Crippen molar-refractivity contribution >= 4 is 11.6 Å². The molecule has 1 aliphatic heterocycles. The van der Waals surface area contributed by atoms with E-state index in [9.17, 15) is 4.79 Å². The number of benzene rings is 1. The van der Waals surface area contributed by atoms with Crippen molar-refractivity contribution in [2.75, 3.05) is 25.0 Å². The lowest BCUT2D eigenvalue weighted by Crippen LogP contribution is -2.34. The number of amides is 1. The second-order valence-electron chi connectivity index (χ2n) is 7.01. The van der Waals surface area contributed by atoms with Crippen molar-refractivity contribution in [3.63, 3.8) is 0 Å². The number of piperidine rings is 1. The molecule has 1 unspecified atom stereocenters. The molecule has 1 aromatic rings. The molecule has 21 heavy (non-hydrogen) atoms. The summed E-state index contributed by atoms with van der Waals surface area (Å²) >= 11 is 0. The molecule has 0 aromatic heterocycles. The normalized spacial score (nSPS) is 23.3. The smallest absolute Gasteiger partial charge is 0.230 e. The van der Waals surface area contributed by atoms with Crippen LogP contribution in [-0.4, -0.2) is 26.0 Å². The zero-order chi connectivity index (χ0) is 15.0. The van der Waals surface area contributed by atoms with E-state index >= 15 is 0 Å². The van der Waals surface area contributed by atoms with E-state index in [4.69, 9.17) is 0 Å². The van der Waals surface area contributed by atoms with Crippen LogP contribution in [0.1, 0.15) is 44.6 Å². The Labute approximate surface area is 127 Å². The molecule has 1 aromatic carbocycles. The Morgan fingerprint density at radius 1 is 1.24 bits per heavy atom. The van der Waals surface area contributed by atoms with Crippen LogP contribution < -0.4 is 10.2 Å². The molecule has 0 bridgehead atoms. The van der Waals surface area contributed by atoms with Crippen LogP contribution >= 0.6 is 0 Å². The summed E-state index contributed by atoms with van der Waals surface area (Å²) in [5.41, 5.74) is 2.65. The minimum absolute atomic E-state index is 0.245. The lowest BCUT2D eigenvalue weighted by Gasteiger charge is -2.25. The van der Waals surface area contributed by atoms with E-state index in [1.54, 1.807) is 0 Å². The summed E-state index contributed by atoms with van der Waals surface area (Å²) in [7, 11) is 1.92. The number of carbonyl (C=O) groups excluding carboxylic acids is 1. The van der Waals surface area contributed by atoms with E-state index in [0.717, 1.165) is 38.0 Å². The Kier molecular flexibility index (Phi) is 3.78. The van der Waals surface area contributed by atoms with Crippen LogP contribution in [0.15, 0.2) is 24.3 Å². The highest BCUT2D eigenvalue weighted by atomic mass is 16.2. The first-order valence-electron chi connectivity index (χ1n) is 8.12. The van der Waals surface area contributed by atoms with Gasteiger partial charge in [0.15, 0.2) is 0 Å². The van der Waals surface area contributed by atoms with Gasteiger partial charge in [0, 0.05) is 18.7 Å². The van der Waals surface area contributed by atoms with Crippen molar-refractivity contribution in [2.24, 2.45) is 11.3 Å². The quantitative estimate of drug-likeness (QED) is 0.925. The van der Waals surface area contributed by atoms with Crippen LogP contribution in [0.5, 0.6) is 0 Å². The van der Waals surface area contributed by atoms with Gasteiger partial charge in [0.1, 0.15) is 0 Å². The van der Waals surface area contributed by atoms with E-state index in [-0.39, 0.29) is 5.92 Å². The fourth-order valence-corrected chi connectivity index (χ4v) is 3.62. The summed E-state index contributed by atoms with van der Waals surface area (Å²) in [5.74, 6) is 1.07. The third-order valence-electron chi connectivity index (χ3n) is 5.36. The number of nitrogens with one attached hydrogen (secondary N) is 1. The largest absolute Gasteiger partial charge is 0.317 e. The summed E-state index contributed by atoms with van der Waals surface area (Å²) in [6.07, 6.45) is 3.40. The van der Waals surface area contributed by atoms with Crippen molar-refractivity contribution < 1.29 is 4.79 Å². The average molecular weight is 286 g/mol. The van der Waals surface area contributed by atoms with Gasteiger partial charge in [-0.15, -0.1) is 0 Å². The van der Waals surface area contributed by atoms with Gasteiger partial charge >= 0.3 is 0 Å². The first-order valence-corrected chi connectivity index (χ1v) is 8.12. The third kappa shape index (κ3) is 2.71. The van der Waals surface area contributed by atoms with Crippen molar-refractivity contribution in [1.82, 2.24) is 5.32 Å². The maximum atomic E-state index is 12.7. The maximum absolute atomic E-state index is 12.7. The fraction of sp³-hybridized carbons (Fsp3) is 0.611. The van der Waals surface area contributed by atoms with E-state index in [2.05, 4.69) is 43.4 Å². The first kappa shape index (κ1) is 14.6. The van der Waals surface area contributed by atoms with Crippen LogP contribution in [0.2, 0.25) is 0 Å². The highest BCUT2D eigenvalue weighted by molar-refractivity contribution is 5.96. The van der Waals surface area contributed by atoms with Gasteiger partial charge in [-0.05, 0) is 61.4 Å². The summed E-state index contributed by atoms with van der Waals surface area (Å²) in [5, 5.41) is 3.39. The van der Waals surface area contributed by atoms with Crippen LogP contribution in [0, 0.1) is 11.3 Å². The molecular formula is C18H26N2O. The van der Waals surface area contributed by atoms with Crippen LogP contribution in [0.3, 0.4) is 0 Å². The van der Waals surface area contributed by atoms with E-state index in [1.165, 1.54) is 5.56 Å². The standard InChI is InChI=1S/C18H26N2O/c1-13(2)14-4-6-15(7-5-14)20(3)17(21)16-12-18(16)8-10-19-11-9-18/h4-7,13,16,19H,8-12H2,1-3H3. The summed E-state index contributed by atoms with van der Waals surface area (Å²) in [4.78, 5) is 14.6. The topological polar surface area (TPSA) is 32.3 Å². The molecule has 2 fully saturated rings. The molecule has 3 nitrogen and oxygen atoms in total. The second-order valence-corrected chi connectivity index (χ2v) is 7.01. The molecule has 3 heteroatoms. The van der Waals surface area contributed by atoms with E-state index in [0.29, 0.717) is 17.2 Å². The number of rotatable bonds is 3. The maximum Gasteiger partial charge on any atom is 0.230 e. The Hall–Kier alpha value is -1.35. The molecule has 1 spiro atoms. The van der Waals surface area contributed by atoms with Crippen molar-refractivity contribution in [3.8, 4) is 0 Å². The van der Waals surface area contributed by atoms with Gasteiger partial charge in [0.25, 0.3) is 0 Å². The zero-order valence-corrected chi connectivity index (χ0v) is 13.4. The Bertz CT molecular complexity index is 515. The lowest BCUT2D eigenvalue weighted by molar-refractivity contribution is -0.120. The molecule has 2 aliphatic rings. The molecule has 1 heterocycles. The number of hydrogen-bond donors (Lipinski definition) is 1. The molecule has 1 aliphatic carbocycles. The average Bonchev–Trinajstić information content (AvgIpc) is 3.19. The molecule has 1 saturated heterocycles. The third-order valence-corrected chi connectivity index (χ3v) is 5.36. The number of nitrogens with zero attached hydrogens (tertiary/aromatic N) is 1. The SMILES string of the molecule is CC(C)c1ccc(N(C)C(=O)C2CC23CCNCC3)cc1. The van der Waals surface area contributed by atoms with Gasteiger partial charge in [0.05, 0.1) is 0 Å². The second kappa shape index (κ2) is 5.45. The van der Waals surface area contributed by atoms with Crippen molar-refractivity contribution in [3.05, 3.63) is 29.8 Å². The van der Waals surface area contributed by atoms with Gasteiger partial charge < -0.3 is 10.2 Å². The highest BCUT2D eigenvalue weighted by Crippen LogP contribution is 2.59. The Morgan fingerprint density at radius 3 is 2.43 bits per heavy atom. The zero-order valence-electron chi connectivity index (χ0n) is 13.4. The van der Waals surface area contributed by atoms with Crippen molar-refractivity contribution in [2.45, 2.75) is 39.0 Å². The number of hydrogen-bond acceptors (Lipinski definition) is 2. The lowest BCUT2D eigenvalue weighted by atomic mass is 9.91. The summed E-state index contributed by atoms with van der Waals surface area (Å²) in [6, 6.07) is 8.42. The van der Waals surface area contributed by atoms with Crippen LogP contribution in [-0.2, 0) is 4.79 Å². The number of carbonyl (C=O) groups is 1. The van der Waals surface area contributed by atoms with E-state index in [1.807, 2.05) is 11.9 Å². The summed E-state index contributed by atoms with van der Waals surface area (Å²) in [6.45, 7) is 6.51. The minimum Gasteiger partial charge on any atom is -0.317 e. The van der Waals surface area contributed by atoms with E-state index < -0.39 is 0 Å². The predicted octanol–water partition coefficient (Wildman–Crippen LogP) is 3.16. The molecule has 0 radical (unpaired) electrons. The first-order chi connectivity index (χ1) is 10.0. The van der Waals surface area contributed by atoms with Crippen molar-refractivity contribution in [1.29, 1.82) is 0 Å². The van der Waals surface area contributed by atoms with Crippen LogP contribution in [0.25, 0.3) is 0 Å². The molecule has 1 saturated carbocycles. The van der Waals surface area contributed by atoms with Gasteiger partial charge in [0.2, 0.25) is 5.91 Å². The molecule has 1 atom stereocenters. The van der Waals surface area contributed by atoms with Gasteiger partial charge in [-0.25, -0.2) is 0 Å². The summed E-state index contributed by atoms with van der Waals surface area (Å²) < 4.78 is 0. The fourth-order valence-electron chi connectivity index (χ4n) is 3.62. The monoisotopic (exact) mass is 286 g/mol. The van der Waals surface area contributed by atoms with Gasteiger partial charge in [-0.2, -0.15) is 0 Å². The predicted molar refractivity (Wildman–Crippen MR) is 86.6 cm³/mol. The van der Waals surface area contributed by atoms with Crippen LogP contribution in [0.4, 0.5) is 5.69 Å². The highest BCUT2D eigenvalue weighted by Gasteiger charge is 2.58. The number of anilines is 1. The Balaban J connectivity index is 1.68.